The largest absolute Gasteiger partial charge is 0.479 e. The fourth-order valence-electron chi connectivity index (χ4n) is 4.28. The zero-order valence-corrected chi connectivity index (χ0v) is 19.4. The maximum Gasteiger partial charge on any atom is 0.333 e. The van der Waals surface area contributed by atoms with Crippen molar-refractivity contribution in [2.45, 2.75) is 52.7 Å². The number of rotatable bonds is 10. The lowest BCUT2D eigenvalue weighted by atomic mass is 10.1. The number of oxazole rings is 1. The summed E-state index contributed by atoms with van der Waals surface area (Å²) in [6.45, 7) is 7.14. The summed E-state index contributed by atoms with van der Waals surface area (Å²) in [5.41, 5.74) is 5.29. The van der Waals surface area contributed by atoms with Gasteiger partial charge in [-0.3, -0.25) is 0 Å². The molecule has 2 heterocycles. The van der Waals surface area contributed by atoms with Crippen LogP contribution in [0.2, 0.25) is 0 Å². The summed E-state index contributed by atoms with van der Waals surface area (Å²) in [5, 5.41) is 10.5. The first-order valence-electron chi connectivity index (χ1n) is 11.4. The maximum atomic E-state index is 11.4. The molecule has 1 unspecified atom stereocenters. The van der Waals surface area contributed by atoms with Crippen molar-refractivity contribution in [1.82, 2.24) is 9.55 Å². The van der Waals surface area contributed by atoms with Gasteiger partial charge in [0.05, 0.1) is 5.69 Å². The Balaban J connectivity index is 1.45. The fourth-order valence-corrected chi connectivity index (χ4v) is 4.28. The van der Waals surface area contributed by atoms with E-state index in [-0.39, 0.29) is 0 Å². The molecule has 0 spiro atoms. The SMILES string of the molecule is CCOC(Cc1ccc2c(c1)cc(C)n2CCCc1nc(-c2ccccc2)oc1C)C(=O)O. The predicted octanol–water partition coefficient (Wildman–Crippen LogP) is 5.58. The number of aryl methyl sites for hydroxylation is 4. The second-order valence-electron chi connectivity index (χ2n) is 8.31. The standard InChI is InChI=1S/C27H30N2O4/c1-4-32-25(27(30)31)17-20-12-13-24-22(16-20)15-18(2)29(24)14-8-11-23-19(3)33-26(28-23)21-9-6-5-7-10-21/h5-7,9-10,12-13,15-16,25H,4,8,11,14,17H2,1-3H3,(H,30,31). The molecular formula is C27H30N2O4. The monoisotopic (exact) mass is 446 g/mol. The molecule has 0 aliphatic rings. The third-order valence-electron chi connectivity index (χ3n) is 5.95. The molecule has 172 valence electrons. The van der Waals surface area contributed by atoms with Crippen LogP contribution in [0.25, 0.3) is 22.4 Å². The molecule has 0 saturated carbocycles. The number of carboxylic acid groups (broad SMARTS) is 1. The van der Waals surface area contributed by atoms with Crippen LogP contribution in [0, 0.1) is 13.8 Å². The van der Waals surface area contributed by atoms with Crippen LogP contribution in [0.5, 0.6) is 0 Å². The number of hydrogen-bond acceptors (Lipinski definition) is 4. The van der Waals surface area contributed by atoms with Gasteiger partial charge in [0, 0.05) is 41.7 Å². The smallest absolute Gasteiger partial charge is 0.333 e. The lowest BCUT2D eigenvalue weighted by Crippen LogP contribution is -2.26. The Hall–Kier alpha value is -3.38. The summed E-state index contributed by atoms with van der Waals surface area (Å²) in [6.07, 6.45) is 1.33. The summed E-state index contributed by atoms with van der Waals surface area (Å²) in [6, 6.07) is 18.3. The molecule has 0 radical (unpaired) electrons. The molecule has 2 aromatic carbocycles. The van der Waals surface area contributed by atoms with E-state index in [4.69, 9.17) is 14.1 Å². The van der Waals surface area contributed by atoms with E-state index in [0.29, 0.717) is 18.9 Å². The van der Waals surface area contributed by atoms with Gasteiger partial charge in [-0.2, -0.15) is 0 Å². The summed E-state index contributed by atoms with van der Waals surface area (Å²) in [7, 11) is 0. The minimum atomic E-state index is -0.927. The summed E-state index contributed by atoms with van der Waals surface area (Å²) >= 11 is 0. The van der Waals surface area contributed by atoms with Crippen LogP contribution in [0.3, 0.4) is 0 Å². The van der Waals surface area contributed by atoms with Crippen molar-refractivity contribution in [2.24, 2.45) is 0 Å². The molecule has 4 rings (SSSR count). The van der Waals surface area contributed by atoms with Crippen LogP contribution in [0.15, 0.2) is 59.0 Å². The first kappa shape index (κ1) is 22.8. The van der Waals surface area contributed by atoms with Gasteiger partial charge in [-0.05, 0) is 69.5 Å². The quantitative estimate of drug-likeness (QED) is 0.344. The molecule has 1 N–H and O–H groups in total. The van der Waals surface area contributed by atoms with E-state index in [2.05, 4.69) is 29.7 Å². The Labute approximate surface area is 193 Å². The van der Waals surface area contributed by atoms with Crippen LogP contribution in [0.1, 0.15) is 36.1 Å². The molecule has 6 nitrogen and oxygen atoms in total. The van der Waals surface area contributed by atoms with Crippen molar-refractivity contribution in [2.75, 3.05) is 6.61 Å². The average molecular weight is 447 g/mol. The zero-order chi connectivity index (χ0) is 23.4. The van der Waals surface area contributed by atoms with Gasteiger partial charge in [-0.25, -0.2) is 9.78 Å². The summed E-state index contributed by atoms with van der Waals surface area (Å²) < 4.78 is 13.6. The number of aromatic nitrogens is 2. The molecule has 0 bridgehead atoms. The van der Waals surface area contributed by atoms with E-state index in [1.54, 1.807) is 0 Å². The van der Waals surface area contributed by atoms with E-state index in [1.807, 2.05) is 50.2 Å². The number of fused-ring (bicyclic) bond motifs is 1. The molecule has 33 heavy (non-hydrogen) atoms. The lowest BCUT2D eigenvalue weighted by Gasteiger charge is -2.13. The van der Waals surface area contributed by atoms with Crippen LogP contribution < -0.4 is 0 Å². The highest BCUT2D eigenvalue weighted by Gasteiger charge is 2.18. The normalized spacial score (nSPS) is 12.3. The number of benzene rings is 2. The Morgan fingerprint density at radius 1 is 1.15 bits per heavy atom. The molecule has 4 aromatic rings. The zero-order valence-electron chi connectivity index (χ0n) is 19.4. The van der Waals surface area contributed by atoms with E-state index < -0.39 is 12.1 Å². The van der Waals surface area contributed by atoms with E-state index >= 15 is 0 Å². The molecule has 0 fully saturated rings. The van der Waals surface area contributed by atoms with Crippen molar-refractivity contribution in [3.63, 3.8) is 0 Å². The van der Waals surface area contributed by atoms with Crippen LogP contribution in [-0.2, 0) is 28.9 Å². The van der Waals surface area contributed by atoms with Gasteiger partial charge in [0.1, 0.15) is 5.76 Å². The molecule has 1 atom stereocenters. The molecule has 6 heteroatoms. The van der Waals surface area contributed by atoms with Gasteiger partial charge in [0.25, 0.3) is 0 Å². The number of aliphatic carboxylic acids is 1. The molecule has 2 aromatic heterocycles. The summed E-state index contributed by atoms with van der Waals surface area (Å²) in [4.78, 5) is 16.1. The number of ether oxygens (including phenoxy) is 1. The Kier molecular flexibility index (Phi) is 6.94. The Morgan fingerprint density at radius 3 is 2.67 bits per heavy atom. The first-order valence-corrected chi connectivity index (χ1v) is 11.4. The summed E-state index contributed by atoms with van der Waals surface area (Å²) in [5.74, 6) is 0.615. The Bertz CT molecular complexity index is 1240. The van der Waals surface area contributed by atoms with Gasteiger partial charge in [0.2, 0.25) is 5.89 Å². The second-order valence-corrected chi connectivity index (χ2v) is 8.31. The highest BCUT2D eigenvalue weighted by molar-refractivity contribution is 5.82. The number of carboxylic acids is 1. The molecule has 0 aliphatic heterocycles. The van der Waals surface area contributed by atoms with Crippen molar-refractivity contribution in [3.8, 4) is 11.5 Å². The van der Waals surface area contributed by atoms with E-state index in [9.17, 15) is 9.90 Å². The van der Waals surface area contributed by atoms with E-state index in [0.717, 1.165) is 52.9 Å². The van der Waals surface area contributed by atoms with Crippen molar-refractivity contribution in [3.05, 3.63) is 77.3 Å². The van der Waals surface area contributed by atoms with Crippen molar-refractivity contribution < 1.29 is 19.1 Å². The van der Waals surface area contributed by atoms with Crippen LogP contribution in [-0.4, -0.2) is 33.3 Å². The molecule has 0 aliphatic carbocycles. The van der Waals surface area contributed by atoms with E-state index in [1.165, 1.54) is 5.69 Å². The number of nitrogens with zero attached hydrogens (tertiary/aromatic N) is 2. The third-order valence-corrected chi connectivity index (χ3v) is 5.95. The molecular weight excluding hydrogens is 416 g/mol. The topological polar surface area (TPSA) is 77.5 Å². The lowest BCUT2D eigenvalue weighted by molar-refractivity contribution is -0.149. The minimum absolute atomic E-state index is 0.360. The predicted molar refractivity (Wildman–Crippen MR) is 128 cm³/mol. The van der Waals surface area contributed by atoms with Gasteiger partial charge < -0.3 is 18.8 Å². The number of carbonyl (C=O) groups is 1. The Morgan fingerprint density at radius 2 is 1.94 bits per heavy atom. The van der Waals surface area contributed by atoms with Gasteiger partial charge >= 0.3 is 5.97 Å². The van der Waals surface area contributed by atoms with Crippen molar-refractivity contribution >= 4 is 16.9 Å². The van der Waals surface area contributed by atoms with Gasteiger partial charge in [-0.1, -0.05) is 24.3 Å². The van der Waals surface area contributed by atoms with Gasteiger partial charge in [0.15, 0.2) is 6.10 Å². The molecule has 0 amide bonds. The minimum Gasteiger partial charge on any atom is -0.479 e. The fraction of sp³-hybridized carbons (Fsp3) is 0.333. The van der Waals surface area contributed by atoms with Crippen molar-refractivity contribution in [1.29, 1.82) is 0 Å². The van der Waals surface area contributed by atoms with Crippen LogP contribution in [0.4, 0.5) is 0 Å². The first-order chi connectivity index (χ1) is 16.0. The highest BCUT2D eigenvalue weighted by atomic mass is 16.5. The van der Waals surface area contributed by atoms with Crippen LogP contribution >= 0.6 is 0 Å². The average Bonchev–Trinajstić information content (AvgIpc) is 3.33. The third kappa shape index (κ3) is 5.17. The highest BCUT2D eigenvalue weighted by Crippen LogP contribution is 2.25. The maximum absolute atomic E-state index is 11.4. The second kappa shape index (κ2) is 10.0. The van der Waals surface area contributed by atoms with Gasteiger partial charge in [-0.15, -0.1) is 0 Å². The number of hydrogen-bond donors (Lipinski definition) is 1. The molecule has 0 saturated heterocycles.